The van der Waals surface area contributed by atoms with E-state index in [1.165, 1.54) is 23.0 Å². The Labute approximate surface area is 158 Å². The molecule has 8 heteroatoms. The largest absolute Gasteiger partial charge is 0.418 e. The molecule has 1 heterocycles. The summed E-state index contributed by atoms with van der Waals surface area (Å²) in [7, 11) is 0. The number of benzene rings is 2. The van der Waals surface area contributed by atoms with Crippen LogP contribution in [0.3, 0.4) is 0 Å². The van der Waals surface area contributed by atoms with E-state index in [4.69, 9.17) is 0 Å². The molecule has 3 aromatic rings. The van der Waals surface area contributed by atoms with Crippen LogP contribution in [0.4, 0.5) is 18.9 Å². The summed E-state index contributed by atoms with van der Waals surface area (Å²) in [5.74, 6) is -1.01. The maximum atomic E-state index is 13.1. The Morgan fingerprint density at radius 1 is 1.07 bits per heavy atom. The number of alkyl halides is 3. The molecule has 2 aromatic carbocycles. The third-order valence-electron chi connectivity index (χ3n) is 4.11. The zero-order valence-electron chi connectivity index (χ0n) is 14.8. The molecule has 0 radical (unpaired) electrons. The minimum absolute atomic E-state index is 0.441. The quantitative estimate of drug-likeness (QED) is 0.734. The highest BCUT2D eigenvalue weighted by Crippen LogP contribution is 2.34. The Kier molecular flexibility index (Phi) is 5.30. The lowest BCUT2D eigenvalue weighted by Gasteiger charge is -2.13. The average Bonchev–Trinajstić information content (AvgIpc) is 2.68. The minimum Gasteiger partial charge on any atom is -0.320 e. The topological polar surface area (TPSA) is 64.0 Å². The van der Waals surface area contributed by atoms with Gasteiger partial charge >= 0.3 is 6.18 Å². The third kappa shape index (κ3) is 4.11. The minimum atomic E-state index is -4.64. The molecule has 5 nitrogen and oxygen atoms in total. The second-order valence-corrected chi connectivity index (χ2v) is 5.99. The lowest BCUT2D eigenvalue weighted by atomic mass is 10.1. The van der Waals surface area contributed by atoms with Gasteiger partial charge in [0.05, 0.1) is 16.9 Å². The van der Waals surface area contributed by atoms with E-state index in [0.29, 0.717) is 5.69 Å². The SMILES string of the molecule is CCc1ccc(-n2ccc(=O)c(C(=O)Nc3ccccc3C(F)(F)F)n2)cc1. The molecule has 28 heavy (non-hydrogen) atoms. The monoisotopic (exact) mass is 387 g/mol. The van der Waals surface area contributed by atoms with Gasteiger partial charge in [0.1, 0.15) is 0 Å². The molecule has 1 amide bonds. The fourth-order valence-electron chi connectivity index (χ4n) is 2.61. The van der Waals surface area contributed by atoms with Gasteiger partial charge in [-0.2, -0.15) is 18.3 Å². The fourth-order valence-corrected chi connectivity index (χ4v) is 2.61. The molecular weight excluding hydrogens is 371 g/mol. The van der Waals surface area contributed by atoms with Gasteiger partial charge in [-0.3, -0.25) is 9.59 Å². The first-order chi connectivity index (χ1) is 13.3. The molecule has 0 spiro atoms. The predicted octanol–water partition coefficient (Wildman–Crippen LogP) is 4.07. The molecule has 0 aliphatic carbocycles. The van der Waals surface area contributed by atoms with E-state index in [0.717, 1.165) is 30.2 Å². The summed E-state index contributed by atoms with van der Waals surface area (Å²) in [5, 5.41) is 6.13. The molecule has 0 saturated carbocycles. The van der Waals surface area contributed by atoms with Crippen LogP contribution in [0.5, 0.6) is 0 Å². The zero-order valence-corrected chi connectivity index (χ0v) is 14.8. The number of para-hydroxylation sites is 1. The van der Waals surface area contributed by atoms with Crippen LogP contribution in [-0.2, 0) is 12.6 Å². The summed E-state index contributed by atoms with van der Waals surface area (Å²) in [6, 6.07) is 13.0. The van der Waals surface area contributed by atoms with Crippen LogP contribution in [0.1, 0.15) is 28.5 Å². The highest BCUT2D eigenvalue weighted by Gasteiger charge is 2.33. The van der Waals surface area contributed by atoms with Gasteiger partial charge in [0.25, 0.3) is 5.91 Å². The normalized spacial score (nSPS) is 11.3. The number of amides is 1. The Hall–Kier alpha value is -3.42. The molecule has 0 atom stereocenters. The first-order valence-corrected chi connectivity index (χ1v) is 8.46. The second kappa shape index (κ2) is 7.67. The van der Waals surface area contributed by atoms with E-state index in [2.05, 4.69) is 10.4 Å². The average molecular weight is 387 g/mol. The van der Waals surface area contributed by atoms with Crippen molar-refractivity contribution in [3.8, 4) is 5.69 Å². The summed E-state index contributed by atoms with van der Waals surface area (Å²) in [4.78, 5) is 24.5. The summed E-state index contributed by atoms with van der Waals surface area (Å²) in [6.45, 7) is 2.01. The van der Waals surface area contributed by atoms with Gasteiger partial charge < -0.3 is 5.32 Å². The van der Waals surface area contributed by atoms with Crippen LogP contribution < -0.4 is 10.7 Å². The van der Waals surface area contributed by atoms with E-state index in [1.54, 1.807) is 12.1 Å². The van der Waals surface area contributed by atoms with Crippen molar-refractivity contribution in [3.63, 3.8) is 0 Å². The maximum absolute atomic E-state index is 13.1. The molecule has 1 aromatic heterocycles. The molecule has 144 valence electrons. The summed E-state index contributed by atoms with van der Waals surface area (Å²) < 4.78 is 40.6. The first kappa shape index (κ1) is 19.3. The zero-order chi connectivity index (χ0) is 20.3. The number of halogens is 3. The van der Waals surface area contributed by atoms with Gasteiger partial charge in [0, 0.05) is 12.3 Å². The molecule has 3 rings (SSSR count). The lowest BCUT2D eigenvalue weighted by Crippen LogP contribution is -2.26. The summed E-state index contributed by atoms with van der Waals surface area (Å²) in [6.07, 6.45) is -2.40. The second-order valence-electron chi connectivity index (χ2n) is 5.99. The van der Waals surface area contributed by atoms with Crippen LogP contribution in [0.15, 0.2) is 65.6 Å². The van der Waals surface area contributed by atoms with Gasteiger partial charge in [-0.15, -0.1) is 0 Å². The summed E-state index contributed by atoms with van der Waals surface area (Å²) >= 11 is 0. The molecule has 1 N–H and O–H groups in total. The molecule has 0 saturated heterocycles. The van der Waals surface area contributed by atoms with Crippen LogP contribution in [0.25, 0.3) is 5.69 Å². The van der Waals surface area contributed by atoms with E-state index >= 15 is 0 Å². The number of nitrogens with one attached hydrogen (secondary N) is 1. The van der Waals surface area contributed by atoms with Crippen LogP contribution >= 0.6 is 0 Å². The highest BCUT2D eigenvalue weighted by atomic mass is 19.4. The molecular formula is C20H16F3N3O2. The number of carbonyl (C=O) groups excluding carboxylic acids is 1. The van der Waals surface area contributed by atoms with Crippen molar-refractivity contribution in [3.05, 3.63) is 87.8 Å². The van der Waals surface area contributed by atoms with E-state index in [1.807, 2.05) is 19.1 Å². The number of hydrogen-bond donors (Lipinski definition) is 1. The molecule has 0 fully saturated rings. The van der Waals surface area contributed by atoms with Crippen molar-refractivity contribution < 1.29 is 18.0 Å². The van der Waals surface area contributed by atoms with Crippen molar-refractivity contribution in [2.45, 2.75) is 19.5 Å². The Morgan fingerprint density at radius 2 is 1.75 bits per heavy atom. The predicted molar refractivity (Wildman–Crippen MR) is 98.6 cm³/mol. The Bertz CT molecular complexity index is 1060. The Morgan fingerprint density at radius 3 is 2.39 bits per heavy atom. The van der Waals surface area contributed by atoms with Gasteiger partial charge in [-0.1, -0.05) is 31.2 Å². The van der Waals surface area contributed by atoms with E-state index in [9.17, 15) is 22.8 Å². The smallest absolute Gasteiger partial charge is 0.320 e. The highest BCUT2D eigenvalue weighted by molar-refractivity contribution is 6.03. The Balaban J connectivity index is 1.94. The van der Waals surface area contributed by atoms with Gasteiger partial charge in [0.2, 0.25) is 5.43 Å². The van der Waals surface area contributed by atoms with Crippen LogP contribution in [-0.4, -0.2) is 15.7 Å². The molecule has 0 bridgehead atoms. The molecule has 0 unspecified atom stereocenters. The van der Waals surface area contributed by atoms with Gasteiger partial charge in [-0.25, -0.2) is 4.68 Å². The molecule has 0 aliphatic rings. The van der Waals surface area contributed by atoms with Gasteiger partial charge in [-0.05, 0) is 36.2 Å². The summed E-state index contributed by atoms with van der Waals surface area (Å²) in [5.41, 5.74) is -0.922. The number of carbonyl (C=O) groups is 1. The van der Waals surface area contributed by atoms with Crippen LogP contribution in [0.2, 0.25) is 0 Å². The number of aromatic nitrogens is 2. The van der Waals surface area contributed by atoms with Crippen LogP contribution in [0, 0.1) is 0 Å². The number of aryl methyl sites for hydroxylation is 1. The molecule has 0 aliphatic heterocycles. The number of hydrogen-bond acceptors (Lipinski definition) is 3. The lowest BCUT2D eigenvalue weighted by molar-refractivity contribution is -0.136. The number of anilines is 1. The van der Waals surface area contributed by atoms with E-state index in [-0.39, 0.29) is 0 Å². The fraction of sp³-hybridized carbons (Fsp3) is 0.150. The standard InChI is InChI=1S/C20H16F3N3O2/c1-2-13-7-9-14(10-8-13)26-12-11-17(27)18(25-26)19(28)24-16-6-4-3-5-15(16)20(21,22)23/h3-12H,2H2,1H3,(H,24,28). The third-order valence-corrected chi connectivity index (χ3v) is 4.11. The van der Waals surface area contributed by atoms with Crippen molar-refractivity contribution in [2.75, 3.05) is 5.32 Å². The van der Waals surface area contributed by atoms with Crippen molar-refractivity contribution >= 4 is 11.6 Å². The maximum Gasteiger partial charge on any atom is 0.418 e. The van der Waals surface area contributed by atoms with Crippen molar-refractivity contribution in [1.29, 1.82) is 0 Å². The van der Waals surface area contributed by atoms with Crippen molar-refractivity contribution in [2.24, 2.45) is 0 Å². The number of nitrogens with zero attached hydrogens (tertiary/aromatic N) is 2. The van der Waals surface area contributed by atoms with Gasteiger partial charge in [0.15, 0.2) is 5.69 Å². The van der Waals surface area contributed by atoms with E-state index < -0.39 is 34.5 Å². The number of rotatable bonds is 4. The van der Waals surface area contributed by atoms with Crippen molar-refractivity contribution in [1.82, 2.24) is 9.78 Å². The first-order valence-electron chi connectivity index (χ1n) is 8.46.